The van der Waals surface area contributed by atoms with Crippen LogP contribution in [0.3, 0.4) is 0 Å². The molecule has 4 N–H and O–H groups in total. The third-order valence-electron chi connectivity index (χ3n) is 4.33. The van der Waals surface area contributed by atoms with E-state index >= 15 is 0 Å². The maximum atomic E-state index is 9.60. The van der Waals surface area contributed by atoms with Gasteiger partial charge in [-0.25, -0.2) is 0 Å². The highest BCUT2D eigenvalue weighted by molar-refractivity contribution is 5.61. The number of nitrogens with two attached hydrogens (primary N) is 1. The molecule has 0 fully saturated rings. The van der Waals surface area contributed by atoms with Crippen molar-refractivity contribution in [2.75, 3.05) is 5.73 Å². The number of nitrogen functional groups attached to an aromatic ring is 1. The highest BCUT2D eigenvalue weighted by Gasteiger charge is 2.20. The van der Waals surface area contributed by atoms with Gasteiger partial charge in [-0.3, -0.25) is 0 Å². The van der Waals surface area contributed by atoms with Crippen LogP contribution in [0.4, 0.5) is 5.69 Å². The van der Waals surface area contributed by atoms with Gasteiger partial charge in [0.1, 0.15) is 11.5 Å². The third-order valence-corrected chi connectivity index (χ3v) is 4.33. The molecule has 0 unspecified atom stereocenters. The van der Waals surface area contributed by atoms with Crippen LogP contribution in [0.2, 0.25) is 0 Å². The Hall–Kier alpha value is -2.94. The number of hydrogen-bond acceptors (Lipinski definition) is 3. The summed E-state index contributed by atoms with van der Waals surface area (Å²) in [6.45, 7) is 4.07. The zero-order valence-electron chi connectivity index (χ0n) is 13.8. The first-order valence-corrected chi connectivity index (χ1v) is 7.90. The lowest BCUT2D eigenvalue weighted by Gasteiger charge is -2.22. The summed E-state index contributed by atoms with van der Waals surface area (Å²) in [5.74, 6) is 0.401. The van der Waals surface area contributed by atoms with Crippen molar-refractivity contribution in [2.45, 2.75) is 19.8 Å². The van der Waals surface area contributed by atoms with Crippen LogP contribution in [-0.4, -0.2) is 10.2 Å². The second-order valence-electron chi connectivity index (χ2n) is 6.20. The minimum atomic E-state index is -0.0650. The predicted molar refractivity (Wildman–Crippen MR) is 97.5 cm³/mol. The van der Waals surface area contributed by atoms with Crippen molar-refractivity contribution in [1.82, 2.24) is 0 Å². The molecule has 122 valence electrons. The first-order valence-electron chi connectivity index (χ1n) is 7.90. The molecule has 0 saturated heterocycles. The Balaban J connectivity index is 2.22. The largest absolute Gasteiger partial charge is 0.508 e. The zero-order chi connectivity index (χ0) is 17.3. The van der Waals surface area contributed by atoms with E-state index in [1.807, 2.05) is 31.2 Å². The van der Waals surface area contributed by atoms with Crippen LogP contribution in [-0.2, 0) is 0 Å². The van der Waals surface area contributed by atoms with E-state index in [9.17, 15) is 10.2 Å². The van der Waals surface area contributed by atoms with E-state index in [1.54, 1.807) is 24.3 Å². The molecule has 0 aliphatic carbocycles. The van der Waals surface area contributed by atoms with Crippen molar-refractivity contribution in [3.05, 3.63) is 88.5 Å². The molecule has 0 atom stereocenters. The van der Waals surface area contributed by atoms with E-state index in [0.717, 1.165) is 33.5 Å². The Kier molecular flexibility index (Phi) is 4.17. The number of rotatable bonds is 3. The van der Waals surface area contributed by atoms with E-state index in [2.05, 4.69) is 19.1 Å². The smallest absolute Gasteiger partial charge is 0.115 e. The summed E-state index contributed by atoms with van der Waals surface area (Å²) in [6.07, 6.45) is 0. The van der Waals surface area contributed by atoms with Crippen molar-refractivity contribution in [2.24, 2.45) is 0 Å². The molecule has 24 heavy (non-hydrogen) atoms. The molecule has 0 spiro atoms. The van der Waals surface area contributed by atoms with E-state index in [0.29, 0.717) is 0 Å². The SMILES string of the molecule is Cc1cc(C)c(N)c(C(c2ccc(O)cc2)c2ccc(O)cc2)c1. The molecule has 3 heteroatoms. The monoisotopic (exact) mass is 319 g/mol. The fraction of sp³-hybridized carbons (Fsp3) is 0.143. The second kappa shape index (κ2) is 6.28. The lowest BCUT2D eigenvalue weighted by molar-refractivity contribution is 0.475. The van der Waals surface area contributed by atoms with Crippen LogP contribution < -0.4 is 5.73 Å². The predicted octanol–water partition coefficient (Wildman–Crippen LogP) is 4.48. The summed E-state index contributed by atoms with van der Waals surface area (Å²) >= 11 is 0. The molecule has 0 saturated carbocycles. The average Bonchev–Trinajstić information content (AvgIpc) is 2.55. The van der Waals surface area contributed by atoms with Gasteiger partial charge in [-0.05, 0) is 60.4 Å². The number of phenolic OH excluding ortho intramolecular Hbond substituents is 2. The first kappa shape index (κ1) is 15.9. The van der Waals surface area contributed by atoms with Crippen molar-refractivity contribution in [3.8, 4) is 11.5 Å². The van der Waals surface area contributed by atoms with Crippen LogP contribution in [0, 0.1) is 13.8 Å². The standard InChI is InChI=1S/C21H21NO2/c1-13-11-14(2)21(22)19(12-13)20(15-3-7-17(23)8-4-15)16-5-9-18(24)10-6-16/h3-12,20,23-24H,22H2,1-2H3. The van der Waals surface area contributed by atoms with Crippen LogP contribution in [0.5, 0.6) is 11.5 Å². The zero-order valence-corrected chi connectivity index (χ0v) is 13.8. The number of benzene rings is 3. The van der Waals surface area contributed by atoms with Crippen molar-refractivity contribution in [3.63, 3.8) is 0 Å². The van der Waals surface area contributed by atoms with Gasteiger partial charge in [0.15, 0.2) is 0 Å². The highest BCUT2D eigenvalue weighted by atomic mass is 16.3. The molecule has 3 aromatic carbocycles. The molecule has 0 aromatic heterocycles. The molecular weight excluding hydrogens is 298 g/mol. The Bertz CT molecular complexity index is 807. The lowest BCUT2D eigenvalue weighted by Crippen LogP contribution is -2.08. The Morgan fingerprint density at radius 2 is 1.21 bits per heavy atom. The minimum absolute atomic E-state index is 0.0650. The van der Waals surface area contributed by atoms with Crippen LogP contribution in [0.1, 0.15) is 33.7 Å². The molecule has 3 aromatic rings. The first-order chi connectivity index (χ1) is 11.5. The average molecular weight is 319 g/mol. The topological polar surface area (TPSA) is 66.5 Å². The van der Waals surface area contributed by atoms with Gasteiger partial charge in [-0.2, -0.15) is 0 Å². The summed E-state index contributed by atoms with van der Waals surface area (Å²) in [5.41, 5.74) is 12.5. The fourth-order valence-corrected chi connectivity index (χ4v) is 3.14. The number of anilines is 1. The van der Waals surface area contributed by atoms with Crippen LogP contribution >= 0.6 is 0 Å². The van der Waals surface area contributed by atoms with E-state index in [4.69, 9.17) is 5.73 Å². The number of hydrogen-bond donors (Lipinski definition) is 3. The quantitative estimate of drug-likeness (QED) is 0.492. The van der Waals surface area contributed by atoms with Crippen molar-refractivity contribution < 1.29 is 10.2 Å². The summed E-state index contributed by atoms with van der Waals surface area (Å²) in [5, 5.41) is 19.2. The number of aromatic hydroxyl groups is 2. The third kappa shape index (κ3) is 3.06. The van der Waals surface area contributed by atoms with Gasteiger partial charge < -0.3 is 15.9 Å². The second-order valence-corrected chi connectivity index (χ2v) is 6.20. The normalized spacial score (nSPS) is 11.0. The summed E-state index contributed by atoms with van der Waals surface area (Å²) in [7, 11) is 0. The maximum absolute atomic E-state index is 9.60. The molecule has 0 aliphatic heterocycles. The van der Waals surface area contributed by atoms with Gasteiger partial charge in [0.2, 0.25) is 0 Å². The summed E-state index contributed by atoms with van der Waals surface area (Å²) < 4.78 is 0. The molecular formula is C21H21NO2. The Morgan fingerprint density at radius 3 is 1.67 bits per heavy atom. The molecule has 0 aliphatic rings. The Morgan fingerprint density at radius 1 is 0.750 bits per heavy atom. The maximum Gasteiger partial charge on any atom is 0.115 e. The van der Waals surface area contributed by atoms with E-state index < -0.39 is 0 Å². The summed E-state index contributed by atoms with van der Waals surface area (Å²) in [6, 6.07) is 18.5. The van der Waals surface area contributed by atoms with Gasteiger partial charge in [-0.1, -0.05) is 42.0 Å². The minimum Gasteiger partial charge on any atom is -0.508 e. The molecule has 0 amide bonds. The Labute approximate surface area is 142 Å². The van der Waals surface area contributed by atoms with Crippen LogP contribution in [0.15, 0.2) is 60.7 Å². The van der Waals surface area contributed by atoms with Crippen molar-refractivity contribution in [1.29, 1.82) is 0 Å². The fourth-order valence-electron chi connectivity index (χ4n) is 3.14. The van der Waals surface area contributed by atoms with Gasteiger partial charge >= 0.3 is 0 Å². The lowest BCUT2D eigenvalue weighted by atomic mass is 9.83. The molecule has 0 bridgehead atoms. The molecule has 3 rings (SSSR count). The number of phenols is 2. The van der Waals surface area contributed by atoms with E-state index in [1.165, 1.54) is 0 Å². The molecule has 3 nitrogen and oxygen atoms in total. The summed E-state index contributed by atoms with van der Waals surface area (Å²) in [4.78, 5) is 0. The van der Waals surface area contributed by atoms with E-state index in [-0.39, 0.29) is 17.4 Å². The van der Waals surface area contributed by atoms with Crippen molar-refractivity contribution >= 4 is 5.69 Å². The van der Waals surface area contributed by atoms with Gasteiger partial charge in [0.25, 0.3) is 0 Å². The van der Waals surface area contributed by atoms with Gasteiger partial charge in [0.05, 0.1) is 0 Å². The number of aryl methyl sites for hydroxylation is 2. The highest BCUT2D eigenvalue weighted by Crippen LogP contribution is 2.37. The molecule has 0 radical (unpaired) electrons. The van der Waals surface area contributed by atoms with Crippen LogP contribution in [0.25, 0.3) is 0 Å². The molecule has 0 heterocycles. The van der Waals surface area contributed by atoms with Gasteiger partial charge in [-0.15, -0.1) is 0 Å². The van der Waals surface area contributed by atoms with Gasteiger partial charge in [0, 0.05) is 11.6 Å².